The number of rotatable bonds is 5. The molecule has 0 radical (unpaired) electrons. The van der Waals surface area contributed by atoms with E-state index in [9.17, 15) is 14.4 Å². The van der Waals surface area contributed by atoms with E-state index in [1.807, 2.05) is 0 Å². The van der Waals surface area contributed by atoms with Gasteiger partial charge in [-0.25, -0.2) is 0 Å². The molecule has 7 heteroatoms. The van der Waals surface area contributed by atoms with Crippen molar-refractivity contribution in [3.8, 4) is 0 Å². The fourth-order valence-electron chi connectivity index (χ4n) is 2.02. The van der Waals surface area contributed by atoms with E-state index < -0.39 is 12.0 Å². The van der Waals surface area contributed by atoms with Gasteiger partial charge in [-0.2, -0.15) is 0 Å². The van der Waals surface area contributed by atoms with Crippen molar-refractivity contribution >= 4 is 17.8 Å². The highest BCUT2D eigenvalue weighted by atomic mass is 16.4. The highest BCUT2D eigenvalue weighted by molar-refractivity contribution is 5.83. The predicted octanol–water partition coefficient (Wildman–Crippen LogP) is -1.10. The van der Waals surface area contributed by atoms with Crippen LogP contribution in [-0.4, -0.2) is 46.9 Å². The lowest BCUT2D eigenvalue weighted by Crippen LogP contribution is -2.48. The number of hydrogen-bond acceptors (Lipinski definition) is 4. The van der Waals surface area contributed by atoms with E-state index in [1.54, 1.807) is 4.90 Å². The maximum atomic E-state index is 11.9. The van der Waals surface area contributed by atoms with E-state index in [0.717, 1.165) is 0 Å². The Balaban J connectivity index is 2.39. The summed E-state index contributed by atoms with van der Waals surface area (Å²) >= 11 is 0. The van der Waals surface area contributed by atoms with Crippen molar-refractivity contribution in [2.75, 3.05) is 13.1 Å². The zero-order valence-corrected chi connectivity index (χ0v) is 10.2. The third-order valence-corrected chi connectivity index (χ3v) is 3.20. The van der Waals surface area contributed by atoms with Gasteiger partial charge in [-0.05, 0) is 19.3 Å². The van der Waals surface area contributed by atoms with E-state index in [0.29, 0.717) is 25.9 Å². The summed E-state index contributed by atoms with van der Waals surface area (Å²) < 4.78 is 0. The monoisotopic (exact) mass is 257 g/mol. The lowest BCUT2D eigenvalue weighted by atomic mass is 9.95. The Labute approximate surface area is 105 Å². The summed E-state index contributed by atoms with van der Waals surface area (Å²) in [6.45, 7) is 0.903. The molecule has 1 aliphatic rings. The molecule has 7 nitrogen and oxygen atoms in total. The number of carboxylic acid groups (broad SMARTS) is 1. The van der Waals surface area contributed by atoms with Crippen LogP contribution in [0.3, 0.4) is 0 Å². The minimum Gasteiger partial charge on any atom is -0.481 e. The number of carbonyl (C=O) groups excluding carboxylic acids is 2. The average molecular weight is 257 g/mol. The second-order valence-electron chi connectivity index (χ2n) is 4.54. The van der Waals surface area contributed by atoms with Crippen molar-refractivity contribution in [3.63, 3.8) is 0 Å². The number of likely N-dealkylation sites (tertiary alicyclic amines) is 1. The number of nitrogens with two attached hydrogens (primary N) is 2. The number of aliphatic carboxylic acids is 1. The van der Waals surface area contributed by atoms with E-state index in [-0.39, 0.29) is 30.6 Å². The summed E-state index contributed by atoms with van der Waals surface area (Å²) in [5.74, 6) is -1.73. The van der Waals surface area contributed by atoms with Crippen molar-refractivity contribution in [2.45, 2.75) is 31.7 Å². The summed E-state index contributed by atoms with van der Waals surface area (Å²) in [7, 11) is 0. The normalized spacial score (nSPS) is 18.4. The first-order valence-corrected chi connectivity index (χ1v) is 5.97. The standard InChI is InChI=1S/C11H19N3O4/c12-8(1-2-9(15)16)11(18)14-5-3-7(4-6-14)10(13)17/h7-8H,1-6,12H2,(H2,13,17)(H,15,16). The summed E-state index contributed by atoms with van der Waals surface area (Å²) in [5.41, 5.74) is 10.8. The topological polar surface area (TPSA) is 127 Å². The number of amides is 2. The smallest absolute Gasteiger partial charge is 0.303 e. The van der Waals surface area contributed by atoms with Gasteiger partial charge in [0.15, 0.2) is 0 Å². The maximum Gasteiger partial charge on any atom is 0.303 e. The first-order chi connectivity index (χ1) is 8.41. The highest BCUT2D eigenvalue weighted by Crippen LogP contribution is 2.17. The minimum absolute atomic E-state index is 0.120. The number of carboxylic acids is 1. The van der Waals surface area contributed by atoms with Gasteiger partial charge >= 0.3 is 5.97 Å². The Bertz CT molecular complexity index is 337. The number of nitrogens with zero attached hydrogens (tertiary/aromatic N) is 1. The highest BCUT2D eigenvalue weighted by Gasteiger charge is 2.28. The zero-order valence-electron chi connectivity index (χ0n) is 10.2. The molecule has 0 aromatic heterocycles. The second kappa shape index (κ2) is 6.34. The number of primary amides is 1. The molecule has 1 unspecified atom stereocenters. The van der Waals surface area contributed by atoms with Crippen LogP contribution in [0.25, 0.3) is 0 Å². The molecule has 1 saturated heterocycles. The fourth-order valence-corrected chi connectivity index (χ4v) is 2.02. The summed E-state index contributed by atoms with van der Waals surface area (Å²) in [5, 5.41) is 8.52. The van der Waals surface area contributed by atoms with Crippen LogP contribution in [0.2, 0.25) is 0 Å². The van der Waals surface area contributed by atoms with Crippen LogP contribution < -0.4 is 11.5 Å². The summed E-state index contributed by atoms with van der Waals surface area (Å²) in [6, 6.07) is -0.786. The van der Waals surface area contributed by atoms with Crippen LogP contribution in [0, 0.1) is 5.92 Å². The number of piperidine rings is 1. The maximum absolute atomic E-state index is 11.9. The van der Waals surface area contributed by atoms with Crippen molar-refractivity contribution in [2.24, 2.45) is 17.4 Å². The fraction of sp³-hybridized carbons (Fsp3) is 0.727. The zero-order chi connectivity index (χ0) is 13.7. The molecule has 1 heterocycles. The third-order valence-electron chi connectivity index (χ3n) is 3.20. The molecular weight excluding hydrogens is 238 g/mol. The molecule has 2 amide bonds. The summed E-state index contributed by atoms with van der Waals surface area (Å²) in [4.78, 5) is 34.8. The van der Waals surface area contributed by atoms with Crippen molar-refractivity contribution in [1.82, 2.24) is 4.90 Å². The minimum atomic E-state index is -0.967. The van der Waals surface area contributed by atoms with E-state index in [1.165, 1.54) is 0 Å². The largest absolute Gasteiger partial charge is 0.481 e. The molecule has 5 N–H and O–H groups in total. The lowest BCUT2D eigenvalue weighted by molar-refractivity contribution is -0.138. The molecule has 1 rings (SSSR count). The molecule has 0 bridgehead atoms. The Morgan fingerprint density at radius 3 is 2.28 bits per heavy atom. The predicted molar refractivity (Wildman–Crippen MR) is 63.3 cm³/mol. The van der Waals surface area contributed by atoms with E-state index in [4.69, 9.17) is 16.6 Å². The Morgan fingerprint density at radius 1 is 1.28 bits per heavy atom. The molecule has 0 saturated carbocycles. The number of hydrogen-bond donors (Lipinski definition) is 3. The first-order valence-electron chi connectivity index (χ1n) is 5.97. The summed E-state index contributed by atoms with van der Waals surface area (Å²) in [6.07, 6.45) is 1.11. The van der Waals surface area contributed by atoms with Crippen LogP contribution in [0.15, 0.2) is 0 Å². The van der Waals surface area contributed by atoms with Crippen molar-refractivity contribution in [1.29, 1.82) is 0 Å². The molecule has 1 aliphatic heterocycles. The average Bonchev–Trinajstić information content (AvgIpc) is 2.35. The SMILES string of the molecule is NC(=O)C1CCN(C(=O)C(N)CCC(=O)O)CC1. The Kier molecular flexibility index (Phi) is 5.08. The van der Waals surface area contributed by atoms with Crippen LogP contribution in [0.1, 0.15) is 25.7 Å². The second-order valence-corrected chi connectivity index (χ2v) is 4.54. The first kappa shape index (κ1) is 14.4. The Morgan fingerprint density at radius 2 is 1.83 bits per heavy atom. The molecule has 18 heavy (non-hydrogen) atoms. The van der Waals surface area contributed by atoms with Gasteiger partial charge < -0.3 is 21.5 Å². The van der Waals surface area contributed by atoms with Crippen LogP contribution >= 0.6 is 0 Å². The molecule has 0 aromatic rings. The van der Waals surface area contributed by atoms with Crippen molar-refractivity contribution in [3.05, 3.63) is 0 Å². The third kappa shape index (κ3) is 3.99. The van der Waals surface area contributed by atoms with Crippen LogP contribution in [-0.2, 0) is 14.4 Å². The molecule has 0 spiro atoms. The molecule has 102 valence electrons. The van der Waals surface area contributed by atoms with E-state index in [2.05, 4.69) is 0 Å². The Hall–Kier alpha value is -1.63. The molecule has 1 fully saturated rings. The van der Waals surface area contributed by atoms with Gasteiger partial charge in [0.05, 0.1) is 6.04 Å². The molecule has 0 aromatic carbocycles. The van der Waals surface area contributed by atoms with Gasteiger partial charge in [-0.3, -0.25) is 14.4 Å². The molecule has 0 aliphatic carbocycles. The molecular formula is C11H19N3O4. The van der Waals surface area contributed by atoms with Gasteiger partial charge in [0.2, 0.25) is 11.8 Å². The van der Waals surface area contributed by atoms with Crippen LogP contribution in [0.4, 0.5) is 0 Å². The quantitative estimate of drug-likeness (QED) is 0.576. The number of carbonyl (C=O) groups is 3. The van der Waals surface area contributed by atoms with Gasteiger partial charge in [0.1, 0.15) is 0 Å². The van der Waals surface area contributed by atoms with Gasteiger partial charge in [0.25, 0.3) is 0 Å². The van der Waals surface area contributed by atoms with Gasteiger partial charge in [-0.15, -0.1) is 0 Å². The van der Waals surface area contributed by atoms with E-state index >= 15 is 0 Å². The molecule has 1 atom stereocenters. The lowest BCUT2D eigenvalue weighted by Gasteiger charge is -2.32. The van der Waals surface area contributed by atoms with Crippen molar-refractivity contribution < 1.29 is 19.5 Å². The van der Waals surface area contributed by atoms with Crippen LogP contribution in [0.5, 0.6) is 0 Å². The van der Waals surface area contributed by atoms with Gasteiger partial charge in [-0.1, -0.05) is 0 Å². The van der Waals surface area contributed by atoms with Gasteiger partial charge in [0, 0.05) is 25.4 Å².